The van der Waals surface area contributed by atoms with Crippen molar-refractivity contribution in [1.82, 2.24) is 10.6 Å². The molecule has 1 unspecified atom stereocenters. The van der Waals surface area contributed by atoms with Gasteiger partial charge < -0.3 is 20.1 Å². The van der Waals surface area contributed by atoms with Crippen LogP contribution in [0.4, 0.5) is 0 Å². The molecule has 2 rings (SSSR count). The second kappa shape index (κ2) is 9.11. The lowest BCUT2D eigenvalue weighted by molar-refractivity contribution is -0.136. The molecular formula is C17H27ClN2O3. The minimum Gasteiger partial charge on any atom is -0.497 e. The number of nitrogens with one attached hydrogen (secondary N) is 2. The maximum Gasteiger partial charge on any atom is 0.229 e. The van der Waals surface area contributed by atoms with Gasteiger partial charge in [0.2, 0.25) is 5.91 Å². The van der Waals surface area contributed by atoms with Gasteiger partial charge >= 0.3 is 0 Å². The lowest BCUT2D eigenvalue weighted by atomic mass is 9.78. The zero-order valence-electron chi connectivity index (χ0n) is 14.1. The largest absolute Gasteiger partial charge is 0.497 e. The first-order chi connectivity index (χ1) is 10.6. The van der Waals surface area contributed by atoms with Crippen LogP contribution in [-0.2, 0) is 9.53 Å². The molecule has 5 nitrogen and oxygen atoms in total. The summed E-state index contributed by atoms with van der Waals surface area (Å²) >= 11 is 0. The summed E-state index contributed by atoms with van der Waals surface area (Å²) in [7, 11) is 3.30. The van der Waals surface area contributed by atoms with Crippen LogP contribution in [-0.4, -0.2) is 39.8 Å². The smallest absolute Gasteiger partial charge is 0.229 e. The van der Waals surface area contributed by atoms with Crippen LogP contribution in [0.15, 0.2) is 24.3 Å². The Hall–Kier alpha value is -1.30. The number of carbonyl (C=O) groups excluding carboxylic acids is 1. The van der Waals surface area contributed by atoms with Crippen LogP contribution >= 0.6 is 12.4 Å². The lowest BCUT2D eigenvalue weighted by Crippen LogP contribution is -2.50. The van der Waals surface area contributed by atoms with Crippen LogP contribution in [0.3, 0.4) is 0 Å². The van der Waals surface area contributed by atoms with Gasteiger partial charge in [0.25, 0.3) is 0 Å². The van der Waals surface area contributed by atoms with E-state index in [9.17, 15) is 4.79 Å². The molecule has 0 bridgehead atoms. The Balaban J connectivity index is 0.00000264. The van der Waals surface area contributed by atoms with Crippen molar-refractivity contribution >= 4 is 18.3 Å². The third-order valence-electron chi connectivity index (χ3n) is 4.40. The summed E-state index contributed by atoms with van der Waals surface area (Å²) in [6.45, 7) is 4.16. The van der Waals surface area contributed by atoms with Crippen molar-refractivity contribution in [2.24, 2.45) is 5.41 Å². The summed E-state index contributed by atoms with van der Waals surface area (Å²) in [5.41, 5.74) is 0.613. The van der Waals surface area contributed by atoms with E-state index in [4.69, 9.17) is 9.47 Å². The van der Waals surface area contributed by atoms with E-state index >= 15 is 0 Å². The minimum atomic E-state index is -0.423. The van der Waals surface area contributed by atoms with E-state index in [0.29, 0.717) is 6.61 Å². The van der Waals surface area contributed by atoms with Crippen LogP contribution in [0.1, 0.15) is 31.4 Å². The Kier molecular flexibility index (Phi) is 7.82. The number of methoxy groups -OCH3 is 2. The van der Waals surface area contributed by atoms with E-state index in [-0.39, 0.29) is 24.4 Å². The Morgan fingerprint density at radius 2 is 2.04 bits per heavy atom. The molecule has 1 aromatic carbocycles. The molecule has 0 radical (unpaired) electrons. The molecule has 1 aromatic rings. The van der Waals surface area contributed by atoms with Crippen LogP contribution < -0.4 is 15.4 Å². The molecule has 1 amide bonds. The maximum atomic E-state index is 12.8. The molecule has 0 saturated carbocycles. The first kappa shape index (κ1) is 19.7. The molecule has 1 fully saturated rings. The summed E-state index contributed by atoms with van der Waals surface area (Å²) in [6.07, 6.45) is 1.61. The first-order valence-electron chi connectivity index (χ1n) is 7.76. The third-order valence-corrected chi connectivity index (χ3v) is 4.40. The zero-order valence-corrected chi connectivity index (χ0v) is 14.9. The average molecular weight is 343 g/mol. The van der Waals surface area contributed by atoms with Crippen molar-refractivity contribution in [2.75, 3.05) is 33.9 Å². The molecule has 1 heterocycles. The predicted molar refractivity (Wildman–Crippen MR) is 93.2 cm³/mol. The molecule has 1 aliphatic heterocycles. The average Bonchev–Trinajstić information content (AvgIpc) is 2.56. The molecule has 1 saturated heterocycles. The topological polar surface area (TPSA) is 59.6 Å². The quantitative estimate of drug-likeness (QED) is 0.833. The highest BCUT2D eigenvalue weighted by Gasteiger charge is 2.40. The van der Waals surface area contributed by atoms with Gasteiger partial charge in [0, 0.05) is 7.11 Å². The maximum absolute atomic E-state index is 12.8. The van der Waals surface area contributed by atoms with Gasteiger partial charge in [-0.1, -0.05) is 12.1 Å². The normalized spacial score (nSPS) is 17.7. The van der Waals surface area contributed by atoms with E-state index in [1.807, 2.05) is 31.2 Å². The van der Waals surface area contributed by atoms with Crippen LogP contribution in [0.2, 0.25) is 0 Å². The van der Waals surface area contributed by atoms with Gasteiger partial charge in [-0.25, -0.2) is 0 Å². The second-order valence-corrected chi connectivity index (χ2v) is 5.94. The van der Waals surface area contributed by atoms with Crippen molar-refractivity contribution in [1.29, 1.82) is 0 Å². The number of benzene rings is 1. The van der Waals surface area contributed by atoms with Crippen LogP contribution in [0.25, 0.3) is 0 Å². The van der Waals surface area contributed by atoms with Gasteiger partial charge in [-0.3, -0.25) is 4.79 Å². The number of hydrogen-bond donors (Lipinski definition) is 2. The number of hydrogen-bond acceptors (Lipinski definition) is 4. The highest BCUT2D eigenvalue weighted by atomic mass is 35.5. The molecule has 1 atom stereocenters. The second-order valence-electron chi connectivity index (χ2n) is 5.94. The van der Waals surface area contributed by atoms with Gasteiger partial charge in [-0.15, -0.1) is 12.4 Å². The van der Waals surface area contributed by atoms with Crippen molar-refractivity contribution in [3.05, 3.63) is 29.8 Å². The van der Waals surface area contributed by atoms with Gasteiger partial charge in [0.15, 0.2) is 0 Å². The summed E-state index contributed by atoms with van der Waals surface area (Å²) < 4.78 is 10.6. The highest BCUT2D eigenvalue weighted by molar-refractivity contribution is 5.85. The number of rotatable bonds is 6. The first-order valence-corrected chi connectivity index (χ1v) is 7.76. The molecule has 1 aliphatic rings. The molecule has 6 heteroatoms. The molecule has 0 spiro atoms. The SMILES string of the molecule is COCC1(C(=O)NC(C)c2cccc(OC)c2)CCNCC1.Cl. The number of piperidine rings is 1. The summed E-state index contributed by atoms with van der Waals surface area (Å²) in [5.74, 6) is 0.873. The minimum absolute atomic E-state index is 0. The zero-order chi connectivity index (χ0) is 16.0. The van der Waals surface area contributed by atoms with Gasteiger partial charge in [0.05, 0.1) is 25.2 Å². The Morgan fingerprint density at radius 3 is 2.65 bits per heavy atom. The lowest BCUT2D eigenvalue weighted by Gasteiger charge is -2.36. The van der Waals surface area contributed by atoms with E-state index in [1.54, 1.807) is 14.2 Å². The fourth-order valence-corrected chi connectivity index (χ4v) is 2.96. The van der Waals surface area contributed by atoms with Crippen molar-refractivity contribution < 1.29 is 14.3 Å². The van der Waals surface area contributed by atoms with Crippen molar-refractivity contribution in [2.45, 2.75) is 25.8 Å². The fraction of sp³-hybridized carbons (Fsp3) is 0.588. The number of carbonyl (C=O) groups is 1. The summed E-state index contributed by atoms with van der Waals surface area (Å²) in [5, 5.41) is 6.44. The van der Waals surface area contributed by atoms with E-state index in [0.717, 1.165) is 37.2 Å². The van der Waals surface area contributed by atoms with Gasteiger partial charge in [0.1, 0.15) is 5.75 Å². The Labute approximate surface area is 144 Å². The third kappa shape index (κ3) is 4.83. The van der Waals surface area contributed by atoms with Crippen molar-refractivity contribution in [3.8, 4) is 5.75 Å². The van der Waals surface area contributed by atoms with Gasteiger partial charge in [-0.2, -0.15) is 0 Å². The summed E-state index contributed by atoms with van der Waals surface area (Å²) in [6, 6.07) is 7.73. The van der Waals surface area contributed by atoms with Crippen molar-refractivity contribution in [3.63, 3.8) is 0 Å². The number of halogens is 1. The van der Waals surface area contributed by atoms with Crippen LogP contribution in [0, 0.1) is 5.41 Å². The molecule has 0 aliphatic carbocycles. The molecule has 23 heavy (non-hydrogen) atoms. The molecular weight excluding hydrogens is 316 g/mol. The highest BCUT2D eigenvalue weighted by Crippen LogP contribution is 2.30. The standard InChI is InChI=1S/C17H26N2O3.ClH/c1-13(14-5-4-6-15(11-14)22-3)19-16(20)17(12-21-2)7-9-18-10-8-17;/h4-6,11,13,18H,7-10,12H2,1-3H3,(H,19,20);1H. The molecule has 0 aromatic heterocycles. The molecule has 130 valence electrons. The predicted octanol–water partition coefficient (Wildman–Crippen LogP) is 2.31. The monoisotopic (exact) mass is 342 g/mol. The fourth-order valence-electron chi connectivity index (χ4n) is 2.96. The molecule has 2 N–H and O–H groups in total. The Morgan fingerprint density at radius 1 is 1.35 bits per heavy atom. The van der Waals surface area contributed by atoms with E-state index < -0.39 is 5.41 Å². The van der Waals surface area contributed by atoms with Crippen LogP contribution in [0.5, 0.6) is 5.75 Å². The number of ether oxygens (including phenoxy) is 2. The van der Waals surface area contributed by atoms with E-state index in [2.05, 4.69) is 10.6 Å². The number of amides is 1. The Bertz CT molecular complexity index is 499. The summed E-state index contributed by atoms with van der Waals surface area (Å²) in [4.78, 5) is 12.8. The van der Waals surface area contributed by atoms with E-state index in [1.165, 1.54) is 0 Å². The van der Waals surface area contributed by atoms with Gasteiger partial charge in [-0.05, 0) is 50.6 Å².